The number of anilines is 1. The van der Waals surface area contributed by atoms with Crippen LogP contribution in [0.25, 0.3) is 10.9 Å². The SMILES string of the molecule is CSc1ccc2nc(N3CCSc4ccccc4C3)cc(Cl)c2c1. The topological polar surface area (TPSA) is 16.1 Å². The second kappa shape index (κ2) is 6.87. The van der Waals surface area contributed by atoms with Crippen molar-refractivity contribution < 1.29 is 0 Å². The van der Waals surface area contributed by atoms with E-state index in [2.05, 4.69) is 53.6 Å². The largest absolute Gasteiger partial charge is 0.351 e. The van der Waals surface area contributed by atoms with Crippen LogP contribution in [0.2, 0.25) is 5.02 Å². The summed E-state index contributed by atoms with van der Waals surface area (Å²) in [5.74, 6) is 2.02. The Kier molecular flexibility index (Phi) is 4.61. The molecular weight excluding hydrogens is 356 g/mol. The highest BCUT2D eigenvalue weighted by Gasteiger charge is 2.17. The fraction of sp³-hybridized carbons (Fsp3) is 0.211. The van der Waals surface area contributed by atoms with E-state index >= 15 is 0 Å². The maximum atomic E-state index is 6.57. The normalized spacial score (nSPS) is 14.5. The maximum absolute atomic E-state index is 6.57. The molecule has 0 bridgehead atoms. The molecule has 0 spiro atoms. The Labute approximate surface area is 155 Å². The van der Waals surface area contributed by atoms with E-state index in [9.17, 15) is 0 Å². The monoisotopic (exact) mass is 372 g/mol. The molecule has 2 heterocycles. The number of halogens is 1. The lowest BCUT2D eigenvalue weighted by molar-refractivity contribution is 0.821. The number of pyridine rings is 1. The molecule has 2 aromatic carbocycles. The molecule has 5 heteroatoms. The second-order valence-corrected chi connectivity index (χ2v) is 8.15. The molecule has 0 saturated heterocycles. The summed E-state index contributed by atoms with van der Waals surface area (Å²) >= 11 is 10.2. The van der Waals surface area contributed by atoms with Crippen LogP contribution in [0.1, 0.15) is 5.56 Å². The first-order valence-corrected chi connectivity index (χ1v) is 10.4. The van der Waals surface area contributed by atoms with Crippen LogP contribution < -0.4 is 4.90 Å². The highest BCUT2D eigenvalue weighted by Crippen LogP contribution is 2.33. The molecule has 122 valence electrons. The van der Waals surface area contributed by atoms with Gasteiger partial charge in [0.2, 0.25) is 0 Å². The van der Waals surface area contributed by atoms with Crippen molar-refractivity contribution in [1.82, 2.24) is 4.98 Å². The first kappa shape index (κ1) is 16.1. The van der Waals surface area contributed by atoms with E-state index in [0.29, 0.717) is 0 Å². The Hall–Kier alpha value is -1.36. The first-order valence-electron chi connectivity index (χ1n) is 7.84. The molecule has 0 N–H and O–H groups in total. The molecule has 1 aliphatic heterocycles. The summed E-state index contributed by atoms with van der Waals surface area (Å²) in [4.78, 5) is 9.78. The molecule has 0 unspecified atom stereocenters. The van der Waals surface area contributed by atoms with Gasteiger partial charge in [-0.25, -0.2) is 4.98 Å². The van der Waals surface area contributed by atoms with Gasteiger partial charge in [0, 0.05) is 34.0 Å². The highest BCUT2D eigenvalue weighted by molar-refractivity contribution is 7.99. The van der Waals surface area contributed by atoms with Gasteiger partial charge in [-0.05, 0) is 42.2 Å². The van der Waals surface area contributed by atoms with E-state index in [4.69, 9.17) is 16.6 Å². The lowest BCUT2D eigenvalue weighted by Crippen LogP contribution is -2.24. The molecule has 24 heavy (non-hydrogen) atoms. The number of benzene rings is 2. The van der Waals surface area contributed by atoms with E-state index in [-0.39, 0.29) is 0 Å². The molecule has 0 radical (unpaired) electrons. The molecule has 0 atom stereocenters. The van der Waals surface area contributed by atoms with Crippen molar-refractivity contribution in [2.75, 3.05) is 23.5 Å². The third kappa shape index (κ3) is 3.10. The summed E-state index contributed by atoms with van der Waals surface area (Å²) in [6.45, 7) is 1.85. The molecule has 1 aromatic heterocycles. The maximum Gasteiger partial charge on any atom is 0.131 e. The van der Waals surface area contributed by atoms with Gasteiger partial charge in [0.05, 0.1) is 10.5 Å². The van der Waals surface area contributed by atoms with E-state index in [1.807, 2.05) is 17.8 Å². The second-order valence-electron chi connectivity index (χ2n) is 5.72. The van der Waals surface area contributed by atoms with Crippen LogP contribution in [0, 0.1) is 0 Å². The zero-order chi connectivity index (χ0) is 16.5. The van der Waals surface area contributed by atoms with Crippen molar-refractivity contribution in [1.29, 1.82) is 0 Å². The van der Waals surface area contributed by atoms with Crippen LogP contribution in [0.15, 0.2) is 58.3 Å². The lowest BCUT2D eigenvalue weighted by atomic mass is 10.2. The summed E-state index contributed by atoms with van der Waals surface area (Å²) in [7, 11) is 0. The van der Waals surface area contributed by atoms with Crippen LogP contribution in [0.5, 0.6) is 0 Å². The zero-order valence-corrected chi connectivity index (χ0v) is 15.7. The van der Waals surface area contributed by atoms with Gasteiger partial charge in [0.25, 0.3) is 0 Å². The highest BCUT2D eigenvalue weighted by atomic mass is 35.5. The van der Waals surface area contributed by atoms with E-state index < -0.39 is 0 Å². The Morgan fingerprint density at radius 1 is 1.17 bits per heavy atom. The van der Waals surface area contributed by atoms with Gasteiger partial charge < -0.3 is 4.90 Å². The van der Waals surface area contributed by atoms with Crippen molar-refractivity contribution in [3.05, 3.63) is 59.1 Å². The number of hydrogen-bond donors (Lipinski definition) is 0. The van der Waals surface area contributed by atoms with Gasteiger partial charge in [-0.1, -0.05) is 29.8 Å². The Bertz CT molecular complexity index is 898. The number of hydrogen-bond acceptors (Lipinski definition) is 4. The van der Waals surface area contributed by atoms with Crippen LogP contribution in [-0.4, -0.2) is 23.5 Å². The Morgan fingerprint density at radius 2 is 2.04 bits per heavy atom. The average molecular weight is 373 g/mol. The van der Waals surface area contributed by atoms with Gasteiger partial charge in [0.15, 0.2) is 0 Å². The number of fused-ring (bicyclic) bond motifs is 2. The molecule has 0 saturated carbocycles. The minimum absolute atomic E-state index is 0.774. The summed E-state index contributed by atoms with van der Waals surface area (Å²) in [5.41, 5.74) is 2.32. The van der Waals surface area contributed by atoms with Gasteiger partial charge in [-0.2, -0.15) is 0 Å². The van der Waals surface area contributed by atoms with E-state index in [0.717, 1.165) is 40.6 Å². The van der Waals surface area contributed by atoms with Crippen LogP contribution in [0.3, 0.4) is 0 Å². The molecule has 1 aliphatic rings. The quantitative estimate of drug-likeness (QED) is 0.534. The van der Waals surface area contributed by atoms with E-state index in [1.165, 1.54) is 15.4 Å². The van der Waals surface area contributed by atoms with Crippen molar-refractivity contribution in [3.8, 4) is 0 Å². The van der Waals surface area contributed by atoms with Gasteiger partial charge in [-0.15, -0.1) is 23.5 Å². The van der Waals surface area contributed by atoms with Gasteiger partial charge in [0.1, 0.15) is 5.82 Å². The smallest absolute Gasteiger partial charge is 0.131 e. The minimum Gasteiger partial charge on any atom is -0.351 e. The average Bonchev–Trinajstić information content (AvgIpc) is 2.84. The van der Waals surface area contributed by atoms with Crippen molar-refractivity contribution in [2.45, 2.75) is 16.3 Å². The third-order valence-corrected chi connectivity index (χ3v) is 6.36. The van der Waals surface area contributed by atoms with Crippen molar-refractivity contribution in [2.24, 2.45) is 0 Å². The molecule has 0 aliphatic carbocycles. The third-order valence-electron chi connectivity index (χ3n) is 4.23. The number of nitrogens with zero attached hydrogens (tertiary/aromatic N) is 2. The zero-order valence-electron chi connectivity index (χ0n) is 13.3. The van der Waals surface area contributed by atoms with Crippen molar-refractivity contribution in [3.63, 3.8) is 0 Å². The Balaban J connectivity index is 1.74. The first-order chi connectivity index (χ1) is 11.7. The lowest BCUT2D eigenvalue weighted by Gasteiger charge is -2.22. The van der Waals surface area contributed by atoms with Crippen LogP contribution >= 0.6 is 35.1 Å². The summed E-state index contributed by atoms with van der Waals surface area (Å²) in [5, 5.41) is 1.80. The predicted octanol–water partition coefficient (Wildman–Crippen LogP) is 5.72. The molecular formula is C19H17ClN2S2. The van der Waals surface area contributed by atoms with Crippen LogP contribution in [-0.2, 0) is 6.54 Å². The summed E-state index contributed by atoms with van der Waals surface area (Å²) in [6, 6.07) is 16.9. The fourth-order valence-corrected chi connectivity index (χ4v) is 4.67. The number of thioether (sulfide) groups is 2. The number of rotatable bonds is 2. The number of aromatic nitrogens is 1. The molecule has 3 aromatic rings. The minimum atomic E-state index is 0.774. The molecule has 4 rings (SSSR count). The standard InChI is InChI=1S/C19H17ClN2S2/c1-23-14-6-7-17-15(10-14)16(20)11-19(21-17)22-8-9-24-18-5-3-2-4-13(18)12-22/h2-7,10-11H,8-9,12H2,1H3. The molecule has 0 fully saturated rings. The van der Waals surface area contributed by atoms with Crippen LogP contribution in [0.4, 0.5) is 5.82 Å². The van der Waals surface area contributed by atoms with Gasteiger partial charge in [-0.3, -0.25) is 0 Å². The van der Waals surface area contributed by atoms with Gasteiger partial charge >= 0.3 is 0 Å². The summed E-state index contributed by atoms with van der Waals surface area (Å²) < 4.78 is 0. The molecule has 0 amide bonds. The fourth-order valence-electron chi connectivity index (χ4n) is 2.96. The van der Waals surface area contributed by atoms with E-state index in [1.54, 1.807) is 11.8 Å². The van der Waals surface area contributed by atoms with Crippen molar-refractivity contribution >= 4 is 51.8 Å². The Morgan fingerprint density at radius 3 is 2.92 bits per heavy atom. The molecule has 2 nitrogen and oxygen atoms in total. The summed E-state index contributed by atoms with van der Waals surface area (Å²) in [6.07, 6.45) is 2.07. The predicted molar refractivity (Wildman–Crippen MR) is 107 cm³/mol.